The van der Waals surface area contributed by atoms with Crippen molar-refractivity contribution < 1.29 is 9.53 Å². The van der Waals surface area contributed by atoms with Crippen LogP contribution in [0.1, 0.15) is 10.4 Å². The molecule has 0 fully saturated rings. The SMILES string of the molecule is CNc1nc(-c2cccs2)ncc1C(=O)OC. The first kappa shape index (κ1) is 11.5. The van der Waals surface area contributed by atoms with Gasteiger partial charge in [0.2, 0.25) is 0 Å². The molecular formula is C11H11N3O2S. The molecule has 0 radical (unpaired) electrons. The molecule has 0 aliphatic heterocycles. The Morgan fingerprint density at radius 2 is 2.35 bits per heavy atom. The van der Waals surface area contributed by atoms with Crippen molar-refractivity contribution in [1.82, 2.24) is 9.97 Å². The maximum Gasteiger partial charge on any atom is 0.343 e. The number of nitrogens with one attached hydrogen (secondary N) is 1. The summed E-state index contributed by atoms with van der Waals surface area (Å²) >= 11 is 1.55. The van der Waals surface area contributed by atoms with Crippen molar-refractivity contribution >= 4 is 23.1 Å². The molecule has 5 nitrogen and oxygen atoms in total. The summed E-state index contributed by atoms with van der Waals surface area (Å²) in [6, 6.07) is 3.86. The molecule has 0 saturated heterocycles. The van der Waals surface area contributed by atoms with Crippen LogP contribution >= 0.6 is 11.3 Å². The van der Waals surface area contributed by atoms with Gasteiger partial charge in [0.1, 0.15) is 11.4 Å². The molecule has 0 amide bonds. The van der Waals surface area contributed by atoms with Crippen molar-refractivity contribution in [3.05, 3.63) is 29.3 Å². The number of aromatic nitrogens is 2. The fourth-order valence-corrected chi connectivity index (χ4v) is 2.02. The number of ether oxygens (including phenoxy) is 1. The molecule has 2 aromatic heterocycles. The van der Waals surface area contributed by atoms with Crippen LogP contribution in [0.25, 0.3) is 10.7 Å². The third kappa shape index (κ3) is 2.26. The summed E-state index contributed by atoms with van der Waals surface area (Å²) in [7, 11) is 3.03. The first-order valence-corrected chi connectivity index (χ1v) is 5.81. The van der Waals surface area contributed by atoms with Gasteiger partial charge < -0.3 is 10.1 Å². The van der Waals surface area contributed by atoms with Gasteiger partial charge in [0.25, 0.3) is 0 Å². The molecular weight excluding hydrogens is 238 g/mol. The lowest BCUT2D eigenvalue weighted by Gasteiger charge is -2.06. The minimum Gasteiger partial charge on any atom is -0.465 e. The molecule has 0 unspecified atom stereocenters. The molecule has 2 aromatic rings. The Labute approximate surface area is 102 Å². The van der Waals surface area contributed by atoms with Crippen LogP contribution in [0, 0.1) is 0 Å². The van der Waals surface area contributed by atoms with E-state index in [9.17, 15) is 4.79 Å². The standard InChI is InChI=1S/C11H11N3O2S/c1-12-9-7(11(15)16-2)6-13-10(14-9)8-4-3-5-17-8/h3-6H,1-2H3,(H,12,13,14). The van der Waals surface area contributed by atoms with Crippen LogP contribution in [0.5, 0.6) is 0 Å². The number of methoxy groups -OCH3 is 1. The van der Waals surface area contributed by atoms with Crippen LogP contribution in [-0.2, 0) is 4.74 Å². The van der Waals surface area contributed by atoms with Crippen molar-refractivity contribution in [2.45, 2.75) is 0 Å². The number of carbonyl (C=O) groups excluding carboxylic acids is 1. The van der Waals surface area contributed by atoms with E-state index in [-0.39, 0.29) is 0 Å². The molecule has 0 aromatic carbocycles. The number of hydrogen-bond acceptors (Lipinski definition) is 6. The Hall–Kier alpha value is -1.95. The summed E-state index contributed by atoms with van der Waals surface area (Å²) < 4.78 is 4.65. The van der Waals surface area contributed by atoms with E-state index in [0.29, 0.717) is 17.2 Å². The highest BCUT2D eigenvalue weighted by atomic mass is 32.1. The molecule has 0 bridgehead atoms. The summed E-state index contributed by atoms with van der Waals surface area (Å²) in [4.78, 5) is 20.9. The topological polar surface area (TPSA) is 64.1 Å². The summed E-state index contributed by atoms with van der Waals surface area (Å²) in [5.74, 6) is 0.610. The van der Waals surface area contributed by atoms with Crippen LogP contribution < -0.4 is 5.32 Å². The van der Waals surface area contributed by atoms with E-state index in [1.807, 2.05) is 17.5 Å². The molecule has 1 N–H and O–H groups in total. The lowest BCUT2D eigenvalue weighted by atomic mass is 10.3. The van der Waals surface area contributed by atoms with E-state index in [2.05, 4.69) is 20.0 Å². The first-order chi connectivity index (χ1) is 8.26. The zero-order valence-corrected chi connectivity index (χ0v) is 10.2. The monoisotopic (exact) mass is 249 g/mol. The van der Waals surface area contributed by atoms with E-state index in [0.717, 1.165) is 4.88 Å². The summed E-state index contributed by atoms with van der Waals surface area (Å²) in [5.41, 5.74) is 0.329. The minimum absolute atomic E-state index is 0.329. The quantitative estimate of drug-likeness (QED) is 0.843. The van der Waals surface area contributed by atoms with Gasteiger partial charge in [-0.15, -0.1) is 11.3 Å². The van der Waals surface area contributed by atoms with Gasteiger partial charge in [0.05, 0.1) is 12.0 Å². The van der Waals surface area contributed by atoms with Crippen LogP contribution in [0.2, 0.25) is 0 Å². The molecule has 17 heavy (non-hydrogen) atoms. The number of carbonyl (C=O) groups is 1. The smallest absolute Gasteiger partial charge is 0.343 e. The minimum atomic E-state index is -0.452. The van der Waals surface area contributed by atoms with Crippen LogP contribution in [0.3, 0.4) is 0 Å². The van der Waals surface area contributed by atoms with Gasteiger partial charge in [-0.05, 0) is 11.4 Å². The molecule has 2 rings (SSSR count). The number of hydrogen-bond donors (Lipinski definition) is 1. The fraction of sp³-hybridized carbons (Fsp3) is 0.182. The predicted molar refractivity (Wildman–Crippen MR) is 66.2 cm³/mol. The van der Waals surface area contributed by atoms with Gasteiger partial charge in [-0.3, -0.25) is 0 Å². The highest BCUT2D eigenvalue weighted by Gasteiger charge is 2.14. The van der Waals surface area contributed by atoms with Crippen molar-refractivity contribution in [3.8, 4) is 10.7 Å². The van der Waals surface area contributed by atoms with Gasteiger partial charge in [-0.1, -0.05) is 6.07 Å². The molecule has 88 valence electrons. The molecule has 0 aliphatic carbocycles. The third-order valence-electron chi connectivity index (χ3n) is 2.17. The van der Waals surface area contributed by atoms with E-state index in [1.165, 1.54) is 13.3 Å². The van der Waals surface area contributed by atoms with E-state index in [4.69, 9.17) is 0 Å². The maximum absolute atomic E-state index is 11.5. The first-order valence-electron chi connectivity index (χ1n) is 4.93. The summed E-state index contributed by atoms with van der Waals surface area (Å²) in [6.45, 7) is 0. The second-order valence-corrected chi connectivity index (χ2v) is 4.12. The maximum atomic E-state index is 11.5. The highest BCUT2D eigenvalue weighted by Crippen LogP contribution is 2.23. The fourth-order valence-electron chi connectivity index (χ4n) is 1.36. The van der Waals surface area contributed by atoms with Crippen LogP contribution in [-0.4, -0.2) is 30.1 Å². The molecule has 0 spiro atoms. The van der Waals surface area contributed by atoms with Gasteiger partial charge >= 0.3 is 5.97 Å². The van der Waals surface area contributed by atoms with Crippen molar-refractivity contribution in [3.63, 3.8) is 0 Å². The Bertz CT molecular complexity index is 526. The average Bonchev–Trinajstić information content (AvgIpc) is 2.91. The average molecular weight is 249 g/mol. The van der Waals surface area contributed by atoms with Crippen molar-refractivity contribution in [2.75, 3.05) is 19.5 Å². The van der Waals surface area contributed by atoms with Crippen LogP contribution in [0.4, 0.5) is 5.82 Å². The zero-order chi connectivity index (χ0) is 12.3. The van der Waals surface area contributed by atoms with Gasteiger partial charge in [0, 0.05) is 13.2 Å². The van der Waals surface area contributed by atoms with Gasteiger partial charge in [0.15, 0.2) is 5.82 Å². The van der Waals surface area contributed by atoms with E-state index < -0.39 is 5.97 Å². The Balaban J connectivity index is 2.44. The van der Waals surface area contributed by atoms with Crippen LogP contribution in [0.15, 0.2) is 23.7 Å². The normalized spacial score (nSPS) is 10.0. The van der Waals surface area contributed by atoms with Crippen molar-refractivity contribution in [2.24, 2.45) is 0 Å². The molecule has 0 saturated carbocycles. The number of nitrogens with zero attached hydrogens (tertiary/aromatic N) is 2. The number of anilines is 1. The Morgan fingerprint density at radius 3 is 2.94 bits per heavy atom. The third-order valence-corrected chi connectivity index (χ3v) is 3.04. The molecule has 6 heteroatoms. The lowest BCUT2D eigenvalue weighted by molar-refractivity contribution is 0.0601. The Morgan fingerprint density at radius 1 is 1.53 bits per heavy atom. The van der Waals surface area contributed by atoms with E-state index in [1.54, 1.807) is 18.4 Å². The second kappa shape index (κ2) is 4.92. The number of thiophene rings is 1. The summed E-state index contributed by atoms with van der Waals surface area (Å²) in [5, 5.41) is 4.82. The zero-order valence-electron chi connectivity index (χ0n) is 9.43. The second-order valence-electron chi connectivity index (χ2n) is 3.17. The van der Waals surface area contributed by atoms with Crippen molar-refractivity contribution in [1.29, 1.82) is 0 Å². The van der Waals surface area contributed by atoms with Gasteiger partial charge in [-0.2, -0.15) is 0 Å². The number of rotatable bonds is 3. The summed E-state index contributed by atoms with van der Waals surface area (Å²) in [6.07, 6.45) is 1.47. The predicted octanol–water partition coefficient (Wildman–Crippen LogP) is 2.03. The largest absolute Gasteiger partial charge is 0.465 e. The molecule has 0 aliphatic rings. The van der Waals surface area contributed by atoms with E-state index >= 15 is 0 Å². The molecule has 0 atom stereocenters. The lowest BCUT2D eigenvalue weighted by Crippen LogP contribution is -2.09. The Kier molecular flexibility index (Phi) is 3.34. The highest BCUT2D eigenvalue weighted by molar-refractivity contribution is 7.13. The molecule has 2 heterocycles. The van der Waals surface area contributed by atoms with Gasteiger partial charge in [-0.25, -0.2) is 14.8 Å². The number of esters is 1.